The number of aromatic nitrogens is 3. The number of nitro groups is 1. The van der Waals surface area contributed by atoms with E-state index in [-0.39, 0.29) is 27.9 Å². The predicted octanol–water partition coefficient (Wildman–Crippen LogP) is 5.69. The predicted molar refractivity (Wildman–Crippen MR) is 134 cm³/mol. The van der Waals surface area contributed by atoms with E-state index in [1.807, 2.05) is 30.3 Å². The number of aromatic hydroxyl groups is 1. The summed E-state index contributed by atoms with van der Waals surface area (Å²) in [4.78, 5) is 23.0. The summed E-state index contributed by atoms with van der Waals surface area (Å²) in [5, 5.41) is 33.1. The van der Waals surface area contributed by atoms with Gasteiger partial charge in [-0.15, -0.1) is 10.2 Å². The molecule has 12 heteroatoms. The highest BCUT2D eigenvalue weighted by atomic mass is 79.9. The van der Waals surface area contributed by atoms with E-state index in [9.17, 15) is 20.0 Å². The molecule has 0 aliphatic carbocycles. The van der Waals surface area contributed by atoms with Gasteiger partial charge in [0, 0.05) is 22.3 Å². The van der Waals surface area contributed by atoms with E-state index in [1.54, 1.807) is 22.8 Å². The van der Waals surface area contributed by atoms with Gasteiger partial charge in [0.1, 0.15) is 5.75 Å². The Labute approximate surface area is 211 Å². The SMILES string of the molecule is O=C(CSc1nnc(-c2cc(Br)ccc2O)n1-c1ccccc1)Nc1cc([N+](=O)[O-])ccc1Cl. The lowest BCUT2D eigenvalue weighted by Gasteiger charge is -2.12. The number of hydrogen-bond donors (Lipinski definition) is 2. The summed E-state index contributed by atoms with van der Waals surface area (Å²) in [5.41, 5.74) is 1.16. The number of nitrogens with zero attached hydrogens (tertiary/aromatic N) is 4. The number of hydrogen-bond acceptors (Lipinski definition) is 7. The minimum Gasteiger partial charge on any atom is -0.507 e. The van der Waals surface area contributed by atoms with Crippen LogP contribution < -0.4 is 5.32 Å². The molecule has 0 bridgehead atoms. The molecule has 34 heavy (non-hydrogen) atoms. The van der Waals surface area contributed by atoms with Crippen LogP contribution in [0.4, 0.5) is 11.4 Å². The molecule has 4 rings (SSSR count). The van der Waals surface area contributed by atoms with Crippen LogP contribution in [-0.2, 0) is 4.79 Å². The van der Waals surface area contributed by atoms with Crippen molar-refractivity contribution in [3.8, 4) is 22.8 Å². The molecule has 1 aromatic heterocycles. The van der Waals surface area contributed by atoms with Crippen molar-refractivity contribution < 1.29 is 14.8 Å². The number of halogens is 2. The quantitative estimate of drug-likeness (QED) is 0.169. The van der Waals surface area contributed by atoms with Crippen LogP contribution in [0.2, 0.25) is 5.02 Å². The number of amides is 1. The molecule has 0 fully saturated rings. The molecular formula is C22H15BrClN5O4S. The van der Waals surface area contributed by atoms with E-state index in [1.165, 1.54) is 18.2 Å². The standard InChI is InChI=1S/C22H15BrClN5O4S/c23-13-6-9-19(30)16(10-13)21-26-27-22(28(21)14-4-2-1-3-5-14)34-12-20(31)25-18-11-15(29(32)33)7-8-17(18)24/h1-11,30H,12H2,(H,25,31). The minimum atomic E-state index is -0.568. The molecule has 2 N–H and O–H groups in total. The number of thioether (sulfide) groups is 1. The third-order valence-electron chi connectivity index (χ3n) is 4.61. The Morgan fingerprint density at radius 3 is 2.65 bits per heavy atom. The number of nitro benzene ring substituents is 1. The first-order chi connectivity index (χ1) is 16.3. The molecule has 0 atom stereocenters. The van der Waals surface area contributed by atoms with Gasteiger partial charge in [-0.2, -0.15) is 0 Å². The van der Waals surface area contributed by atoms with Crippen LogP contribution in [0.5, 0.6) is 5.75 Å². The topological polar surface area (TPSA) is 123 Å². The maximum atomic E-state index is 12.6. The summed E-state index contributed by atoms with van der Waals surface area (Å²) in [6, 6.07) is 18.1. The fraction of sp³-hybridized carbons (Fsp3) is 0.0455. The molecule has 0 unspecified atom stereocenters. The van der Waals surface area contributed by atoms with Crippen molar-refractivity contribution in [1.82, 2.24) is 14.8 Å². The lowest BCUT2D eigenvalue weighted by atomic mass is 10.2. The number of non-ortho nitro benzene ring substituents is 1. The van der Waals surface area contributed by atoms with Crippen LogP contribution in [0.1, 0.15) is 0 Å². The first-order valence-corrected chi connectivity index (χ1v) is 11.9. The van der Waals surface area contributed by atoms with Gasteiger partial charge in [-0.3, -0.25) is 19.5 Å². The van der Waals surface area contributed by atoms with Gasteiger partial charge in [0.2, 0.25) is 5.91 Å². The largest absolute Gasteiger partial charge is 0.507 e. The first kappa shape index (κ1) is 23.7. The van der Waals surface area contributed by atoms with Crippen molar-refractivity contribution in [2.45, 2.75) is 5.16 Å². The van der Waals surface area contributed by atoms with Gasteiger partial charge in [0.15, 0.2) is 11.0 Å². The van der Waals surface area contributed by atoms with Crippen molar-refractivity contribution in [3.05, 3.63) is 86.3 Å². The molecule has 0 spiro atoms. The Morgan fingerprint density at radius 2 is 1.91 bits per heavy atom. The molecule has 0 radical (unpaired) electrons. The molecular weight excluding hydrogens is 546 g/mol. The summed E-state index contributed by atoms with van der Waals surface area (Å²) in [6.07, 6.45) is 0. The molecule has 3 aromatic carbocycles. The monoisotopic (exact) mass is 559 g/mol. The fourth-order valence-corrected chi connectivity index (χ4v) is 4.35. The Kier molecular flexibility index (Phi) is 7.15. The van der Waals surface area contributed by atoms with E-state index in [4.69, 9.17) is 11.6 Å². The second-order valence-corrected chi connectivity index (χ2v) is 9.16. The normalized spacial score (nSPS) is 10.8. The van der Waals surface area contributed by atoms with Gasteiger partial charge >= 0.3 is 0 Å². The van der Waals surface area contributed by atoms with Crippen LogP contribution >= 0.6 is 39.3 Å². The van der Waals surface area contributed by atoms with Crippen LogP contribution in [0.25, 0.3) is 17.1 Å². The number of para-hydroxylation sites is 1. The summed E-state index contributed by atoms with van der Waals surface area (Å²) < 4.78 is 2.49. The number of rotatable bonds is 7. The molecule has 0 aliphatic heterocycles. The highest BCUT2D eigenvalue weighted by Crippen LogP contribution is 2.35. The molecule has 0 saturated heterocycles. The van der Waals surface area contributed by atoms with Gasteiger partial charge < -0.3 is 10.4 Å². The van der Waals surface area contributed by atoms with E-state index >= 15 is 0 Å². The Morgan fingerprint density at radius 1 is 1.15 bits per heavy atom. The zero-order chi connectivity index (χ0) is 24.2. The Hall–Kier alpha value is -3.41. The first-order valence-electron chi connectivity index (χ1n) is 9.70. The average molecular weight is 561 g/mol. The average Bonchev–Trinajstić information content (AvgIpc) is 3.25. The molecule has 0 saturated carbocycles. The van der Waals surface area contributed by atoms with Crippen molar-refractivity contribution in [3.63, 3.8) is 0 Å². The van der Waals surface area contributed by atoms with Crippen molar-refractivity contribution in [2.75, 3.05) is 11.1 Å². The van der Waals surface area contributed by atoms with Crippen LogP contribution in [0, 0.1) is 10.1 Å². The highest BCUT2D eigenvalue weighted by Gasteiger charge is 2.20. The lowest BCUT2D eigenvalue weighted by molar-refractivity contribution is -0.384. The number of benzene rings is 3. The van der Waals surface area contributed by atoms with Gasteiger partial charge in [0.25, 0.3) is 5.69 Å². The zero-order valence-corrected chi connectivity index (χ0v) is 20.3. The molecule has 172 valence electrons. The van der Waals surface area contributed by atoms with Gasteiger partial charge in [-0.1, -0.05) is 57.5 Å². The van der Waals surface area contributed by atoms with Crippen LogP contribution in [0.15, 0.2) is 76.4 Å². The van der Waals surface area contributed by atoms with E-state index < -0.39 is 10.8 Å². The van der Waals surface area contributed by atoms with Crippen LogP contribution in [0.3, 0.4) is 0 Å². The summed E-state index contributed by atoms with van der Waals surface area (Å²) in [5.74, 6) is -0.0621. The number of nitrogens with one attached hydrogen (secondary N) is 1. The van der Waals surface area contributed by atoms with Crippen molar-refractivity contribution in [1.29, 1.82) is 0 Å². The molecule has 1 amide bonds. The molecule has 0 aliphatic rings. The van der Waals surface area contributed by atoms with E-state index in [2.05, 4.69) is 31.4 Å². The third kappa shape index (κ3) is 5.22. The summed E-state index contributed by atoms with van der Waals surface area (Å²) >= 11 is 10.6. The number of phenols is 1. The van der Waals surface area contributed by atoms with Gasteiger partial charge in [-0.25, -0.2) is 0 Å². The highest BCUT2D eigenvalue weighted by molar-refractivity contribution is 9.10. The van der Waals surface area contributed by atoms with Gasteiger partial charge in [0.05, 0.1) is 26.9 Å². The molecule has 1 heterocycles. The van der Waals surface area contributed by atoms with Gasteiger partial charge in [-0.05, 0) is 36.4 Å². The number of phenolic OH excluding ortho intramolecular Hbond substituents is 1. The zero-order valence-electron chi connectivity index (χ0n) is 17.2. The Bertz CT molecular complexity index is 1380. The maximum Gasteiger partial charge on any atom is 0.271 e. The second-order valence-electron chi connectivity index (χ2n) is 6.90. The number of anilines is 1. The second kappa shape index (κ2) is 10.2. The Balaban J connectivity index is 1.61. The summed E-state index contributed by atoms with van der Waals surface area (Å²) in [6.45, 7) is 0. The fourth-order valence-electron chi connectivity index (χ4n) is 3.07. The smallest absolute Gasteiger partial charge is 0.271 e. The van der Waals surface area contributed by atoms with Crippen molar-refractivity contribution in [2.24, 2.45) is 0 Å². The molecule has 4 aromatic rings. The van der Waals surface area contributed by atoms with E-state index in [0.29, 0.717) is 16.5 Å². The number of carbonyl (C=O) groups is 1. The number of carbonyl (C=O) groups excluding carboxylic acids is 1. The maximum absolute atomic E-state index is 12.6. The van der Waals surface area contributed by atoms with Crippen molar-refractivity contribution >= 4 is 56.6 Å². The molecule has 9 nitrogen and oxygen atoms in total. The summed E-state index contributed by atoms with van der Waals surface area (Å²) in [7, 11) is 0. The third-order valence-corrected chi connectivity index (χ3v) is 6.37. The lowest BCUT2D eigenvalue weighted by Crippen LogP contribution is -2.15. The minimum absolute atomic E-state index is 0.0300. The van der Waals surface area contributed by atoms with Crippen LogP contribution in [-0.4, -0.2) is 36.5 Å². The van der Waals surface area contributed by atoms with E-state index in [0.717, 1.165) is 21.9 Å².